The highest BCUT2D eigenvalue weighted by Gasteiger charge is 2.42. The van der Waals surface area contributed by atoms with Crippen molar-refractivity contribution in [1.29, 1.82) is 0 Å². The smallest absolute Gasteiger partial charge is 0.322 e. The molecular weight excluding hydrogens is 316 g/mol. The summed E-state index contributed by atoms with van der Waals surface area (Å²) in [5.41, 5.74) is 1.29. The van der Waals surface area contributed by atoms with E-state index in [1.807, 2.05) is 0 Å². The number of benzene rings is 1. The molecule has 1 aromatic carbocycles. The molecule has 9 nitrogen and oxygen atoms in total. The maximum atomic E-state index is 12.6. The molecule has 0 bridgehead atoms. The number of nitro groups is 1. The molecule has 9 heteroatoms. The van der Waals surface area contributed by atoms with Crippen molar-refractivity contribution in [3.05, 3.63) is 51.2 Å². The summed E-state index contributed by atoms with van der Waals surface area (Å²) >= 11 is 0. The maximum absolute atomic E-state index is 12.6. The summed E-state index contributed by atoms with van der Waals surface area (Å²) in [4.78, 5) is 38.1. The molecule has 0 radical (unpaired) electrons. The highest BCUT2D eigenvalue weighted by Crippen LogP contribution is 2.36. The van der Waals surface area contributed by atoms with Gasteiger partial charge in [0.2, 0.25) is 0 Å². The Bertz CT molecular complexity index is 760. The number of urea groups is 1. The summed E-state index contributed by atoms with van der Waals surface area (Å²) in [5.74, 6) is -0.289. The molecule has 0 saturated carbocycles. The molecule has 3 rings (SSSR count). The predicted molar refractivity (Wildman–Crippen MR) is 82.8 cm³/mol. The van der Waals surface area contributed by atoms with Crippen molar-refractivity contribution in [2.24, 2.45) is 0 Å². The lowest BCUT2D eigenvalue weighted by Gasteiger charge is -2.31. The lowest BCUT2D eigenvalue weighted by molar-refractivity contribution is -0.384. The van der Waals surface area contributed by atoms with Gasteiger partial charge in [0.15, 0.2) is 0 Å². The topological polar surface area (TPSA) is 116 Å². The molecule has 2 aliphatic rings. The van der Waals surface area contributed by atoms with Crippen LogP contribution in [0.3, 0.4) is 0 Å². The van der Waals surface area contributed by atoms with Gasteiger partial charge in [0.1, 0.15) is 0 Å². The number of hydrogen-bond acceptors (Lipinski definition) is 5. The molecule has 0 fully saturated rings. The molecule has 24 heavy (non-hydrogen) atoms. The van der Waals surface area contributed by atoms with Crippen molar-refractivity contribution in [1.82, 2.24) is 15.1 Å². The highest BCUT2D eigenvalue weighted by atomic mass is 16.6. The van der Waals surface area contributed by atoms with Gasteiger partial charge in [-0.05, 0) is 5.56 Å². The molecule has 2 heterocycles. The number of rotatable bonds is 4. The average molecular weight is 332 g/mol. The van der Waals surface area contributed by atoms with Gasteiger partial charge in [-0.15, -0.1) is 0 Å². The lowest BCUT2D eigenvalue weighted by Crippen LogP contribution is -2.45. The number of amides is 3. The summed E-state index contributed by atoms with van der Waals surface area (Å²) in [6, 6.07) is 4.72. The molecule has 1 atom stereocenters. The second-order valence-electron chi connectivity index (χ2n) is 5.60. The number of aliphatic hydroxyl groups is 1. The maximum Gasteiger partial charge on any atom is 0.322 e. The van der Waals surface area contributed by atoms with E-state index in [1.54, 1.807) is 13.1 Å². The van der Waals surface area contributed by atoms with Gasteiger partial charge in [-0.2, -0.15) is 0 Å². The number of carbonyl (C=O) groups excluding carboxylic acids is 2. The van der Waals surface area contributed by atoms with Crippen molar-refractivity contribution >= 4 is 17.6 Å². The third-order valence-corrected chi connectivity index (χ3v) is 4.22. The van der Waals surface area contributed by atoms with Crippen LogP contribution < -0.4 is 5.32 Å². The average Bonchev–Trinajstić information content (AvgIpc) is 2.89. The van der Waals surface area contributed by atoms with Crippen LogP contribution in [0.1, 0.15) is 11.6 Å². The van der Waals surface area contributed by atoms with E-state index in [0.29, 0.717) is 16.8 Å². The molecule has 0 saturated heterocycles. The van der Waals surface area contributed by atoms with E-state index in [1.165, 1.54) is 28.0 Å². The van der Waals surface area contributed by atoms with Gasteiger partial charge in [0, 0.05) is 25.7 Å². The molecule has 3 amide bonds. The van der Waals surface area contributed by atoms with Crippen LogP contribution in [0.25, 0.3) is 0 Å². The zero-order chi connectivity index (χ0) is 17.4. The Morgan fingerprint density at radius 1 is 1.42 bits per heavy atom. The third kappa shape index (κ3) is 2.48. The van der Waals surface area contributed by atoms with Gasteiger partial charge < -0.3 is 15.3 Å². The zero-order valence-corrected chi connectivity index (χ0v) is 12.9. The largest absolute Gasteiger partial charge is 0.395 e. The zero-order valence-electron chi connectivity index (χ0n) is 12.9. The number of nitrogens with one attached hydrogen (secondary N) is 1. The standard InChI is InChI=1S/C15H16N4O5/c1-17-11-8-18(5-6-20)14(21)12(11)13(16-15(17)22)9-3-2-4-10(7-9)19(23)24/h2-4,7,13,20H,5-6,8H2,1H3,(H,16,22)/t13-/m1/s1. The van der Waals surface area contributed by atoms with E-state index >= 15 is 0 Å². The van der Waals surface area contributed by atoms with Crippen LogP contribution in [0.4, 0.5) is 10.5 Å². The first-order valence-electron chi connectivity index (χ1n) is 7.35. The Morgan fingerprint density at radius 2 is 2.17 bits per heavy atom. The fourth-order valence-corrected chi connectivity index (χ4v) is 2.99. The first kappa shape index (κ1) is 15.9. The van der Waals surface area contributed by atoms with E-state index in [9.17, 15) is 19.7 Å². The summed E-state index contributed by atoms with van der Waals surface area (Å²) < 4.78 is 0. The quantitative estimate of drug-likeness (QED) is 0.611. The first-order valence-corrected chi connectivity index (χ1v) is 7.35. The molecule has 126 valence electrons. The van der Waals surface area contributed by atoms with Gasteiger partial charge in [-0.3, -0.25) is 19.8 Å². The Labute approximate surface area is 137 Å². The molecule has 0 aliphatic carbocycles. The minimum Gasteiger partial charge on any atom is -0.395 e. The molecule has 1 aromatic rings. The van der Waals surface area contributed by atoms with Crippen LogP contribution >= 0.6 is 0 Å². The van der Waals surface area contributed by atoms with Crippen LogP contribution in [-0.2, 0) is 4.79 Å². The number of nitrogens with zero attached hydrogens (tertiary/aromatic N) is 3. The van der Waals surface area contributed by atoms with Gasteiger partial charge in [-0.25, -0.2) is 4.79 Å². The van der Waals surface area contributed by atoms with Crippen LogP contribution in [0.5, 0.6) is 0 Å². The van der Waals surface area contributed by atoms with E-state index in [4.69, 9.17) is 5.11 Å². The predicted octanol–water partition coefficient (Wildman–Crippen LogP) is 0.380. The normalized spacial score (nSPS) is 20.3. The third-order valence-electron chi connectivity index (χ3n) is 4.22. The molecule has 2 N–H and O–H groups in total. The van der Waals surface area contributed by atoms with Crippen LogP contribution in [0, 0.1) is 10.1 Å². The van der Waals surface area contributed by atoms with Crippen LogP contribution in [0.2, 0.25) is 0 Å². The Morgan fingerprint density at radius 3 is 2.83 bits per heavy atom. The van der Waals surface area contributed by atoms with E-state index < -0.39 is 11.0 Å². The number of β-amino-alcohol motifs (C(OH)–C–C–N with tert-alkyl or cyclic N) is 1. The number of carbonyl (C=O) groups is 2. The van der Waals surface area contributed by atoms with Crippen molar-refractivity contribution in [3.63, 3.8) is 0 Å². The molecule has 0 unspecified atom stereocenters. The highest BCUT2D eigenvalue weighted by molar-refractivity contribution is 6.01. The molecular formula is C15H16N4O5. The van der Waals surface area contributed by atoms with Crippen molar-refractivity contribution in [2.45, 2.75) is 6.04 Å². The van der Waals surface area contributed by atoms with Crippen molar-refractivity contribution in [2.75, 3.05) is 26.7 Å². The SMILES string of the molecule is CN1C(=O)N[C@H](c2cccc([N+](=O)[O-])c2)C2=C1CN(CCO)C2=O. The molecule has 0 spiro atoms. The Balaban J connectivity index is 2.04. The number of non-ortho nitro benzene ring substituents is 1. The second kappa shape index (κ2) is 5.93. The van der Waals surface area contributed by atoms with Gasteiger partial charge >= 0.3 is 6.03 Å². The number of hydrogen-bond donors (Lipinski definition) is 2. The van der Waals surface area contributed by atoms with Gasteiger partial charge in [-0.1, -0.05) is 12.1 Å². The Kier molecular flexibility index (Phi) is 3.94. The fraction of sp³-hybridized carbons (Fsp3) is 0.333. The van der Waals surface area contributed by atoms with E-state index in [2.05, 4.69) is 5.32 Å². The van der Waals surface area contributed by atoms with E-state index in [0.717, 1.165) is 0 Å². The summed E-state index contributed by atoms with van der Waals surface area (Å²) in [6.07, 6.45) is 0. The fourth-order valence-electron chi connectivity index (χ4n) is 2.99. The minimum atomic E-state index is -0.750. The van der Waals surface area contributed by atoms with Crippen molar-refractivity contribution in [3.8, 4) is 0 Å². The van der Waals surface area contributed by atoms with Gasteiger partial charge in [0.25, 0.3) is 11.6 Å². The number of nitro benzene ring substituents is 1. The number of aliphatic hydroxyl groups excluding tert-OH is 1. The minimum absolute atomic E-state index is 0.111. The summed E-state index contributed by atoms with van der Waals surface area (Å²) in [6.45, 7) is 0.207. The van der Waals surface area contributed by atoms with Crippen molar-refractivity contribution < 1.29 is 19.6 Å². The van der Waals surface area contributed by atoms with E-state index in [-0.39, 0.29) is 37.3 Å². The lowest BCUT2D eigenvalue weighted by atomic mass is 9.95. The number of likely N-dealkylation sites (N-methyl/N-ethyl adjacent to an activating group) is 1. The molecule has 2 aliphatic heterocycles. The second-order valence-corrected chi connectivity index (χ2v) is 5.60. The summed E-state index contributed by atoms with van der Waals surface area (Å²) in [7, 11) is 1.56. The molecule has 0 aromatic heterocycles. The van der Waals surface area contributed by atoms with Crippen LogP contribution in [0.15, 0.2) is 35.5 Å². The summed E-state index contributed by atoms with van der Waals surface area (Å²) in [5, 5.41) is 22.8. The van der Waals surface area contributed by atoms with Gasteiger partial charge in [0.05, 0.1) is 35.4 Å². The van der Waals surface area contributed by atoms with Crippen LogP contribution in [-0.4, -0.2) is 58.5 Å². The Hall–Kier alpha value is -2.94. The monoisotopic (exact) mass is 332 g/mol. The first-order chi connectivity index (χ1) is 11.4.